The lowest BCUT2D eigenvalue weighted by Gasteiger charge is -2.59. The van der Waals surface area contributed by atoms with Crippen LogP contribution < -0.4 is 9.47 Å². The lowest BCUT2D eigenvalue weighted by atomic mass is 9.50. The maximum Gasteiger partial charge on any atom is 0.197 e. The number of rotatable bonds is 5. The molecule has 0 spiro atoms. The normalized spacial score (nSPS) is 34.0. The SMILES string of the molecule is COC1=C[C@@H]2[C@@H]3Cc4c(-c5cc(OC)c(O)c6c5C[C@H]5[C@H]7C[C@H](OC)C(=O)C[C@@]67CCN5C)cc(OC)c(O)c4[C@]2(CCN3C)CC1=O. The number of hydrogen-bond donors (Lipinski definition) is 2. The largest absolute Gasteiger partial charge is 0.504 e. The second-order valence-electron chi connectivity index (χ2n) is 15.0. The Labute approximate surface area is 281 Å². The third-order valence-electron chi connectivity index (χ3n) is 13.4. The van der Waals surface area contributed by atoms with E-state index in [9.17, 15) is 19.8 Å². The molecule has 10 heteroatoms. The standard InChI is InChI=1S/C38H46N2O8/c1-39-9-7-37-17-27(41)29(45-3)15-23(37)25(39)11-21-19(13-31(47-5)35(43)33(21)37)20-14-32(48-6)36(44)34-22(20)12-26-24-16-30(46-4)28(42)18-38(24,34)8-10-40(26)2/h13-15,23-26,30,43-44H,7-12,16-18H2,1-6H3/t23-,24-,25+,26+,30+,37-,38-/m1/s1. The van der Waals surface area contributed by atoms with Crippen molar-refractivity contribution in [3.63, 3.8) is 0 Å². The number of carbonyl (C=O) groups is 2. The number of fused-ring (bicyclic) bond motifs is 2. The molecule has 0 unspecified atom stereocenters. The summed E-state index contributed by atoms with van der Waals surface area (Å²) in [5, 5.41) is 24.0. The summed E-state index contributed by atoms with van der Waals surface area (Å²) in [6.45, 7) is 1.62. The van der Waals surface area contributed by atoms with Gasteiger partial charge in [0.15, 0.2) is 40.3 Å². The maximum atomic E-state index is 13.6. The van der Waals surface area contributed by atoms with Crippen LogP contribution in [0.3, 0.4) is 0 Å². The van der Waals surface area contributed by atoms with E-state index in [0.717, 1.165) is 52.9 Å². The molecule has 0 radical (unpaired) electrons. The zero-order chi connectivity index (χ0) is 33.9. The summed E-state index contributed by atoms with van der Waals surface area (Å²) in [6, 6.07) is 4.08. The Bertz CT molecular complexity index is 1770. The number of nitrogens with zero attached hydrogens (tertiary/aromatic N) is 2. The molecule has 2 saturated heterocycles. The van der Waals surface area contributed by atoms with E-state index < -0.39 is 16.9 Å². The van der Waals surface area contributed by atoms with Gasteiger partial charge < -0.3 is 39.0 Å². The summed E-state index contributed by atoms with van der Waals surface area (Å²) < 4.78 is 23.0. The van der Waals surface area contributed by atoms with Gasteiger partial charge in [-0.15, -0.1) is 0 Å². The van der Waals surface area contributed by atoms with E-state index in [-0.39, 0.29) is 53.4 Å². The first-order valence-electron chi connectivity index (χ1n) is 17.2. The summed E-state index contributed by atoms with van der Waals surface area (Å²) in [5.41, 5.74) is 4.27. The molecule has 2 aliphatic heterocycles. The average molecular weight is 659 g/mol. The quantitative estimate of drug-likeness (QED) is 0.490. The molecule has 8 rings (SSSR count). The monoisotopic (exact) mass is 658 g/mol. The summed E-state index contributed by atoms with van der Waals surface area (Å²) in [6.07, 6.45) is 5.47. The van der Waals surface area contributed by atoms with Crippen molar-refractivity contribution in [3.8, 4) is 34.1 Å². The third-order valence-corrected chi connectivity index (χ3v) is 13.4. The van der Waals surface area contributed by atoms with E-state index in [2.05, 4.69) is 23.9 Å². The van der Waals surface area contributed by atoms with Gasteiger partial charge in [-0.2, -0.15) is 0 Å². The van der Waals surface area contributed by atoms with Gasteiger partial charge in [0.1, 0.15) is 6.10 Å². The van der Waals surface area contributed by atoms with E-state index in [4.69, 9.17) is 18.9 Å². The number of phenols is 2. The highest BCUT2D eigenvalue weighted by molar-refractivity contribution is 5.96. The molecule has 10 nitrogen and oxygen atoms in total. The zero-order valence-electron chi connectivity index (χ0n) is 28.7. The average Bonchev–Trinajstić information content (AvgIpc) is 3.07. The number of aromatic hydroxyl groups is 2. The Morgan fingerprint density at radius 2 is 1.33 bits per heavy atom. The molecule has 2 N–H and O–H groups in total. The Morgan fingerprint density at radius 1 is 0.771 bits per heavy atom. The second-order valence-corrected chi connectivity index (χ2v) is 15.0. The Kier molecular flexibility index (Phi) is 7.22. The van der Waals surface area contributed by atoms with Crippen LogP contribution in [0.2, 0.25) is 0 Å². The summed E-state index contributed by atoms with van der Waals surface area (Å²) in [7, 11) is 10.6. The Morgan fingerprint density at radius 3 is 1.92 bits per heavy atom. The molecule has 3 fully saturated rings. The maximum absolute atomic E-state index is 13.6. The van der Waals surface area contributed by atoms with Crippen LogP contribution in [0, 0.1) is 11.8 Å². The number of likely N-dealkylation sites (N-methyl/N-ethyl adjacent to an activating group) is 2. The molecule has 2 aromatic rings. The van der Waals surface area contributed by atoms with Gasteiger partial charge >= 0.3 is 0 Å². The van der Waals surface area contributed by atoms with E-state index in [1.165, 1.54) is 0 Å². The number of likely N-dealkylation sites (tertiary alicyclic amines) is 2. The van der Waals surface area contributed by atoms with Gasteiger partial charge in [-0.1, -0.05) is 0 Å². The van der Waals surface area contributed by atoms with Crippen molar-refractivity contribution < 1.29 is 38.7 Å². The fourth-order valence-electron chi connectivity index (χ4n) is 11.1. The molecule has 7 atom stereocenters. The number of carbonyl (C=O) groups excluding carboxylic acids is 2. The highest BCUT2D eigenvalue weighted by Gasteiger charge is 2.60. The number of phenolic OH excluding ortho intramolecular Hbond substituents is 2. The van der Waals surface area contributed by atoms with Crippen molar-refractivity contribution in [2.75, 3.05) is 55.6 Å². The summed E-state index contributed by atoms with van der Waals surface area (Å²) >= 11 is 0. The number of ether oxygens (including phenoxy) is 4. The first kappa shape index (κ1) is 31.7. The van der Waals surface area contributed by atoms with Gasteiger partial charge in [0.2, 0.25) is 0 Å². The lowest BCUT2D eigenvalue weighted by molar-refractivity contribution is -0.141. The zero-order valence-corrected chi connectivity index (χ0v) is 28.7. The molecule has 0 aromatic heterocycles. The molecule has 2 aromatic carbocycles. The predicted molar refractivity (Wildman–Crippen MR) is 178 cm³/mol. The molecule has 48 heavy (non-hydrogen) atoms. The molecule has 1 saturated carbocycles. The van der Waals surface area contributed by atoms with Crippen molar-refractivity contribution in [2.45, 2.75) is 74.0 Å². The smallest absolute Gasteiger partial charge is 0.197 e. The first-order valence-corrected chi connectivity index (χ1v) is 17.2. The minimum absolute atomic E-state index is 0.0276. The van der Waals surface area contributed by atoms with Crippen molar-refractivity contribution in [2.24, 2.45) is 11.8 Å². The van der Waals surface area contributed by atoms with Crippen LogP contribution in [0.1, 0.15) is 54.4 Å². The van der Waals surface area contributed by atoms with Crippen LogP contribution in [-0.2, 0) is 42.7 Å². The van der Waals surface area contributed by atoms with Crippen molar-refractivity contribution in [1.82, 2.24) is 9.80 Å². The van der Waals surface area contributed by atoms with Crippen LogP contribution >= 0.6 is 0 Å². The van der Waals surface area contributed by atoms with Gasteiger partial charge in [-0.3, -0.25) is 9.59 Å². The molecular weight excluding hydrogens is 612 g/mol. The number of ketones is 2. The van der Waals surface area contributed by atoms with Crippen LogP contribution in [0.25, 0.3) is 11.1 Å². The van der Waals surface area contributed by atoms with E-state index in [1.807, 2.05) is 18.2 Å². The third kappa shape index (κ3) is 4.02. The van der Waals surface area contributed by atoms with Crippen molar-refractivity contribution in [3.05, 3.63) is 46.2 Å². The van der Waals surface area contributed by atoms with E-state index in [1.54, 1.807) is 28.4 Å². The molecule has 0 amide bonds. The van der Waals surface area contributed by atoms with E-state index in [0.29, 0.717) is 49.4 Å². The topological polar surface area (TPSA) is 118 Å². The van der Waals surface area contributed by atoms with Crippen LogP contribution in [0.4, 0.5) is 0 Å². The molecule has 6 aliphatic rings. The minimum Gasteiger partial charge on any atom is -0.504 e. The molecular formula is C38H46N2O8. The number of Topliss-reactive ketones (excluding diaryl/α,β-unsaturated/α-hetero) is 2. The Balaban J connectivity index is 1.42. The van der Waals surface area contributed by atoms with Crippen LogP contribution in [-0.4, -0.2) is 105 Å². The highest BCUT2D eigenvalue weighted by atomic mass is 16.5. The van der Waals surface area contributed by atoms with E-state index >= 15 is 0 Å². The van der Waals surface area contributed by atoms with Crippen molar-refractivity contribution in [1.29, 1.82) is 0 Å². The lowest BCUT2D eigenvalue weighted by Crippen LogP contribution is -2.63. The second kappa shape index (κ2) is 11.0. The molecule has 256 valence electrons. The fourth-order valence-corrected chi connectivity index (χ4v) is 11.1. The minimum atomic E-state index is -0.621. The molecule has 4 bridgehead atoms. The highest BCUT2D eigenvalue weighted by Crippen LogP contribution is 2.63. The van der Waals surface area contributed by atoms with Crippen molar-refractivity contribution >= 4 is 11.6 Å². The van der Waals surface area contributed by atoms with Crippen LogP contribution in [0.5, 0.6) is 23.0 Å². The number of methoxy groups -OCH3 is 4. The summed E-state index contributed by atoms with van der Waals surface area (Å²) in [5.74, 6) is 1.41. The predicted octanol–water partition coefficient (Wildman–Crippen LogP) is 3.89. The van der Waals surface area contributed by atoms with Gasteiger partial charge in [0.05, 0.1) is 21.3 Å². The molecule has 4 aliphatic carbocycles. The summed E-state index contributed by atoms with van der Waals surface area (Å²) in [4.78, 5) is 31.9. The van der Waals surface area contributed by atoms with Gasteiger partial charge in [0.25, 0.3) is 0 Å². The number of piperidine rings is 2. The van der Waals surface area contributed by atoms with Gasteiger partial charge in [-0.05, 0) is 106 Å². The first-order chi connectivity index (χ1) is 23.0. The number of allylic oxidation sites excluding steroid dienone is 1. The molecule has 2 heterocycles. The number of hydrogen-bond acceptors (Lipinski definition) is 10. The number of benzene rings is 2. The van der Waals surface area contributed by atoms with Gasteiger partial charge in [-0.25, -0.2) is 0 Å². The van der Waals surface area contributed by atoms with Crippen LogP contribution in [0.15, 0.2) is 24.0 Å². The fraction of sp³-hybridized carbons (Fsp3) is 0.579. The Hall–Kier alpha value is -3.60. The van der Waals surface area contributed by atoms with Gasteiger partial charge in [0, 0.05) is 59.9 Å².